The number of aromatic nitrogens is 3. The predicted molar refractivity (Wildman–Crippen MR) is 80.1 cm³/mol. The van der Waals surface area contributed by atoms with E-state index in [4.69, 9.17) is 4.42 Å². The minimum Gasteiger partial charge on any atom is -0.469 e. The Kier molecular flexibility index (Phi) is 3.83. The Morgan fingerprint density at radius 3 is 3.00 bits per heavy atom. The summed E-state index contributed by atoms with van der Waals surface area (Å²) in [5, 5.41) is 6.94. The minimum absolute atomic E-state index is 0.163. The largest absolute Gasteiger partial charge is 0.469 e. The fraction of sp³-hybridized carbons (Fsp3) is 0.0714. The van der Waals surface area contributed by atoms with Gasteiger partial charge in [-0.25, -0.2) is 9.67 Å². The monoisotopic (exact) mass is 346 g/mol. The van der Waals surface area contributed by atoms with Crippen LogP contribution in [0.4, 0.5) is 5.69 Å². The van der Waals surface area contributed by atoms with E-state index in [9.17, 15) is 4.79 Å². The smallest absolute Gasteiger partial charge is 0.232 e. The van der Waals surface area contributed by atoms with Crippen molar-refractivity contribution in [2.45, 2.75) is 6.42 Å². The summed E-state index contributed by atoms with van der Waals surface area (Å²) in [6.07, 6.45) is 4.74. The molecular weight excluding hydrogens is 336 g/mol. The molecule has 0 aliphatic carbocycles. The summed E-state index contributed by atoms with van der Waals surface area (Å²) in [5.74, 6) is 0.453. The summed E-state index contributed by atoms with van der Waals surface area (Å²) in [4.78, 5) is 16.0. The minimum atomic E-state index is -0.163. The van der Waals surface area contributed by atoms with Gasteiger partial charge in [-0.3, -0.25) is 4.79 Å². The van der Waals surface area contributed by atoms with Crippen LogP contribution >= 0.6 is 15.9 Å². The third-order valence-corrected chi connectivity index (χ3v) is 3.31. The molecular formula is C14H11BrN4O2. The van der Waals surface area contributed by atoms with Gasteiger partial charge in [-0.2, -0.15) is 5.10 Å². The highest BCUT2D eigenvalue weighted by Crippen LogP contribution is 2.24. The van der Waals surface area contributed by atoms with Crippen LogP contribution in [0.25, 0.3) is 5.69 Å². The summed E-state index contributed by atoms with van der Waals surface area (Å²) in [6, 6.07) is 9.05. The molecule has 106 valence electrons. The normalized spacial score (nSPS) is 10.5. The molecule has 2 heterocycles. The standard InChI is InChI=1S/C14H11BrN4O2/c15-10-3-4-13(19-9-16-8-17-19)12(6-10)18-14(20)7-11-2-1-5-21-11/h1-6,8-9H,7H2,(H,18,20). The molecule has 0 fully saturated rings. The first kappa shape index (κ1) is 13.6. The molecule has 0 radical (unpaired) electrons. The fourth-order valence-electron chi connectivity index (χ4n) is 1.91. The number of hydrogen-bond acceptors (Lipinski definition) is 4. The van der Waals surface area contributed by atoms with Gasteiger partial charge >= 0.3 is 0 Å². The van der Waals surface area contributed by atoms with Crippen LogP contribution in [0.3, 0.4) is 0 Å². The van der Waals surface area contributed by atoms with Crippen molar-refractivity contribution in [2.24, 2.45) is 0 Å². The Balaban J connectivity index is 1.84. The molecule has 1 N–H and O–H groups in total. The Morgan fingerprint density at radius 1 is 1.38 bits per heavy atom. The first-order valence-corrected chi connectivity index (χ1v) is 6.98. The van der Waals surface area contributed by atoms with Crippen molar-refractivity contribution in [3.05, 3.63) is 59.5 Å². The van der Waals surface area contributed by atoms with Crippen molar-refractivity contribution in [1.29, 1.82) is 0 Å². The molecule has 3 aromatic rings. The van der Waals surface area contributed by atoms with Gasteiger partial charge in [-0.1, -0.05) is 15.9 Å². The average Bonchev–Trinajstić information content (AvgIpc) is 3.11. The lowest BCUT2D eigenvalue weighted by atomic mass is 10.2. The summed E-state index contributed by atoms with van der Waals surface area (Å²) in [7, 11) is 0. The maximum atomic E-state index is 12.1. The van der Waals surface area contributed by atoms with Crippen LogP contribution in [0.2, 0.25) is 0 Å². The predicted octanol–water partition coefficient (Wildman–Crippen LogP) is 2.80. The Hall–Kier alpha value is -2.41. The Labute approximate surface area is 128 Å². The van der Waals surface area contributed by atoms with Crippen LogP contribution in [0.1, 0.15) is 5.76 Å². The van der Waals surface area contributed by atoms with Crippen molar-refractivity contribution in [3.8, 4) is 5.69 Å². The van der Waals surface area contributed by atoms with Crippen LogP contribution in [-0.4, -0.2) is 20.7 Å². The molecule has 21 heavy (non-hydrogen) atoms. The lowest BCUT2D eigenvalue weighted by molar-refractivity contribution is -0.115. The van der Waals surface area contributed by atoms with E-state index in [1.807, 2.05) is 18.2 Å². The molecule has 7 heteroatoms. The second kappa shape index (κ2) is 5.92. The van der Waals surface area contributed by atoms with Crippen molar-refractivity contribution >= 4 is 27.5 Å². The van der Waals surface area contributed by atoms with Gasteiger partial charge in [0.25, 0.3) is 0 Å². The highest BCUT2D eigenvalue weighted by Gasteiger charge is 2.11. The van der Waals surface area contributed by atoms with Crippen LogP contribution in [0.5, 0.6) is 0 Å². The number of halogens is 1. The van der Waals surface area contributed by atoms with E-state index in [1.54, 1.807) is 29.4 Å². The zero-order valence-corrected chi connectivity index (χ0v) is 12.4. The topological polar surface area (TPSA) is 73.0 Å². The number of carbonyl (C=O) groups excluding carboxylic acids is 1. The van der Waals surface area contributed by atoms with E-state index < -0.39 is 0 Å². The van der Waals surface area contributed by atoms with Gasteiger partial charge in [0.05, 0.1) is 24.1 Å². The molecule has 1 aromatic carbocycles. The van der Waals surface area contributed by atoms with Crippen LogP contribution < -0.4 is 5.32 Å². The molecule has 0 saturated carbocycles. The van der Waals surface area contributed by atoms with Gasteiger partial charge in [0.2, 0.25) is 5.91 Å². The van der Waals surface area contributed by atoms with E-state index in [0.717, 1.165) is 10.2 Å². The summed E-state index contributed by atoms with van der Waals surface area (Å²) < 4.78 is 7.62. The number of amides is 1. The number of nitrogens with one attached hydrogen (secondary N) is 1. The number of rotatable bonds is 4. The van der Waals surface area contributed by atoms with E-state index in [-0.39, 0.29) is 12.3 Å². The van der Waals surface area contributed by atoms with Crippen molar-refractivity contribution in [1.82, 2.24) is 14.8 Å². The Morgan fingerprint density at radius 2 is 2.29 bits per heavy atom. The number of carbonyl (C=O) groups is 1. The number of nitrogens with zero attached hydrogens (tertiary/aromatic N) is 3. The van der Waals surface area contributed by atoms with E-state index in [1.165, 1.54) is 6.33 Å². The highest BCUT2D eigenvalue weighted by molar-refractivity contribution is 9.10. The van der Waals surface area contributed by atoms with E-state index in [2.05, 4.69) is 31.3 Å². The maximum absolute atomic E-state index is 12.1. The molecule has 0 unspecified atom stereocenters. The van der Waals surface area contributed by atoms with Gasteiger partial charge in [0.15, 0.2) is 0 Å². The first-order valence-electron chi connectivity index (χ1n) is 6.19. The van der Waals surface area contributed by atoms with Crippen LogP contribution in [0.15, 0.2) is 58.1 Å². The molecule has 0 saturated heterocycles. The van der Waals surface area contributed by atoms with Crippen LogP contribution in [-0.2, 0) is 11.2 Å². The van der Waals surface area contributed by atoms with Gasteiger partial charge in [-0.15, -0.1) is 0 Å². The van der Waals surface area contributed by atoms with E-state index in [0.29, 0.717) is 11.4 Å². The third kappa shape index (κ3) is 3.19. The molecule has 0 bridgehead atoms. The van der Waals surface area contributed by atoms with Crippen LogP contribution in [0, 0.1) is 0 Å². The molecule has 3 rings (SSSR count). The molecule has 1 amide bonds. The molecule has 0 aliphatic rings. The lowest BCUT2D eigenvalue weighted by Crippen LogP contribution is -2.16. The number of anilines is 1. The second-order valence-electron chi connectivity index (χ2n) is 4.31. The zero-order chi connectivity index (χ0) is 14.7. The second-order valence-corrected chi connectivity index (χ2v) is 5.22. The number of hydrogen-bond donors (Lipinski definition) is 1. The molecule has 0 aliphatic heterocycles. The average molecular weight is 347 g/mol. The Bertz CT molecular complexity index is 738. The van der Waals surface area contributed by atoms with E-state index >= 15 is 0 Å². The SMILES string of the molecule is O=C(Cc1ccco1)Nc1cc(Br)ccc1-n1cncn1. The van der Waals surface area contributed by atoms with Crippen molar-refractivity contribution in [2.75, 3.05) is 5.32 Å². The molecule has 2 aromatic heterocycles. The summed E-state index contributed by atoms with van der Waals surface area (Å²) >= 11 is 3.40. The van der Waals surface area contributed by atoms with Crippen molar-refractivity contribution < 1.29 is 9.21 Å². The molecule has 0 atom stereocenters. The fourth-order valence-corrected chi connectivity index (χ4v) is 2.27. The summed E-state index contributed by atoms with van der Waals surface area (Å²) in [6.45, 7) is 0. The van der Waals surface area contributed by atoms with Gasteiger partial charge in [0.1, 0.15) is 18.4 Å². The highest BCUT2D eigenvalue weighted by atomic mass is 79.9. The van der Waals surface area contributed by atoms with Gasteiger partial charge < -0.3 is 9.73 Å². The zero-order valence-electron chi connectivity index (χ0n) is 10.9. The summed E-state index contributed by atoms with van der Waals surface area (Å²) in [5.41, 5.74) is 1.38. The number of benzene rings is 1. The maximum Gasteiger partial charge on any atom is 0.232 e. The molecule has 6 nitrogen and oxygen atoms in total. The number of furan rings is 1. The van der Waals surface area contributed by atoms with Gasteiger partial charge in [0, 0.05) is 4.47 Å². The van der Waals surface area contributed by atoms with Gasteiger partial charge in [-0.05, 0) is 30.3 Å². The quantitative estimate of drug-likeness (QED) is 0.788. The first-order chi connectivity index (χ1) is 10.2. The lowest BCUT2D eigenvalue weighted by Gasteiger charge is -2.11. The molecule has 0 spiro atoms. The third-order valence-electron chi connectivity index (χ3n) is 2.81. The van der Waals surface area contributed by atoms with Crippen molar-refractivity contribution in [3.63, 3.8) is 0 Å².